The van der Waals surface area contributed by atoms with Gasteiger partial charge in [0, 0.05) is 44.8 Å². The zero-order valence-corrected chi connectivity index (χ0v) is 18.6. The Balaban J connectivity index is 1.59. The topological polar surface area (TPSA) is 79.0 Å². The summed E-state index contributed by atoms with van der Waals surface area (Å²) < 4.78 is 32.0. The van der Waals surface area contributed by atoms with Gasteiger partial charge >= 0.3 is 0 Å². The summed E-state index contributed by atoms with van der Waals surface area (Å²) in [5.41, 5.74) is 1.70. The van der Waals surface area contributed by atoms with Crippen LogP contribution in [-0.2, 0) is 16.6 Å². The van der Waals surface area contributed by atoms with E-state index in [1.165, 1.54) is 23.8 Å². The van der Waals surface area contributed by atoms with Gasteiger partial charge in [-0.1, -0.05) is 18.2 Å². The molecule has 1 heterocycles. The molecule has 0 aromatic heterocycles. The van der Waals surface area contributed by atoms with Crippen LogP contribution >= 0.6 is 0 Å². The highest BCUT2D eigenvalue weighted by Gasteiger charge is 2.21. The molecule has 1 amide bonds. The summed E-state index contributed by atoms with van der Waals surface area (Å²) in [4.78, 5) is 17.3. The molecule has 166 valence electrons. The number of hydrogen-bond acceptors (Lipinski definition) is 5. The molecule has 2 aromatic carbocycles. The Morgan fingerprint density at radius 1 is 1.06 bits per heavy atom. The van der Waals surface area contributed by atoms with Crippen LogP contribution in [-0.4, -0.2) is 64.0 Å². The Morgan fingerprint density at radius 2 is 1.77 bits per heavy atom. The quantitative estimate of drug-likeness (QED) is 0.635. The second kappa shape index (κ2) is 10.6. The van der Waals surface area contributed by atoms with Gasteiger partial charge in [0.2, 0.25) is 10.0 Å². The summed E-state index contributed by atoms with van der Waals surface area (Å²) in [5, 5.41) is 0. The maximum Gasteiger partial charge on any atom is 0.253 e. The van der Waals surface area contributed by atoms with Crippen molar-refractivity contribution in [2.75, 3.05) is 39.8 Å². The lowest BCUT2D eigenvalue weighted by atomic mass is 10.2. The molecule has 3 rings (SSSR count). The summed E-state index contributed by atoms with van der Waals surface area (Å²) in [5.74, 6) is 0.765. The first kappa shape index (κ1) is 23.0. The van der Waals surface area contributed by atoms with Crippen LogP contribution in [0.25, 0.3) is 0 Å². The molecular formula is C23H29N3O4S. The molecule has 0 bridgehead atoms. The van der Waals surface area contributed by atoms with Gasteiger partial charge in [-0.25, -0.2) is 13.1 Å². The Bertz CT molecular complexity index is 988. The monoisotopic (exact) mass is 443 g/mol. The van der Waals surface area contributed by atoms with E-state index >= 15 is 0 Å². The van der Waals surface area contributed by atoms with Crippen LogP contribution in [0.15, 0.2) is 66.1 Å². The Morgan fingerprint density at radius 3 is 2.42 bits per heavy atom. The summed E-state index contributed by atoms with van der Waals surface area (Å²) in [6.45, 7) is 7.51. The van der Waals surface area contributed by atoms with Crippen LogP contribution < -0.4 is 9.46 Å². The molecule has 8 heteroatoms. The fraction of sp³-hybridized carbons (Fsp3) is 0.348. The van der Waals surface area contributed by atoms with Crippen LogP contribution in [0, 0.1) is 0 Å². The van der Waals surface area contributed by atoms with Crippen LogP contribution in [0.1, 0.15) is 22.3 Å². The first-order valence-corrected chi connectivity index (χ1v) is 11.8. The Hall–Kier alpha value is -2.68. The average Bonchev–Trinajstić information content (AvgIpc) is 3.03. The van der Waals surface area contributed by atoms with Crippen molar-refractivity contribution in [3.8, 4) is 5.75 Å². The van der Waals surface area contributed by atoms with Gasteiger partial charge in [0.05, 0.1) is 12.0 Å². The van der Waals surface area contributed by atoms with Crippen molar-refractivity contribution >= 4 is 15.9 Å². The van der Waals surface area contributed by atoms with Crippen molar-refractivity contribution in [3.63, 3.8) is 0 Å². The molecule has 0 radical (unpaired) electrons. The van der Waals surface area contributed by atoms with Crippen molar-refractivity contribution in [2.24, 2.45) is 0 Å². The summed E-state index contributed by atoms with van der Waals surface area (Å²) in [6, 6.07) is 14.1. The number of carbonyl (C=O) groups is 1. The summed E-state index contributed by atoms with van der Waals surface area (Å²) in [7, 11) is -1.94. The standard InChI is InChI=1S/C23H29N3O4S/c1-3-13-24-31(28,29)22-11-7-20(8-12-22)23(27)26-15-4-14-25(16-17-26)18-19-5-9-21(30-2)10-6-19/h3,5-12,24H,1,4,13-18H2,2H3. The molecule has 1 fully saturated rings. The van der Waals surface area contributed by atoms with E-state index in [1.54, 1.807) is 19.2 Å². The lowest BCUT2D eigenvalue weighted by Gasteiger charge is -2.22. The van der Waals surface area contributed by atoms with Gasteiger partial charge in [0.1, 0.15) is 5.75 Å². The molecule has 2 aromatic rings. The molecule has 31 heavy (non-hydrogen) atoms. The largest absolute Gasteiger partial charge is 0.497 e. The van der Waals surface area contributed by atoms with E-state index in [4.69, 9.17) is 4.74 Å². The molecule has 1 aliphatic rings. The fourth-order valence-electron chi connectivity index (χ4n) is 3.53. The van der Waals surface area contributed by atoms with Crippen molar-refractivity contribution in [1.82, 2.24) is 14.5 Å². The predicted molar refractivity (Wildman–Crippen MR) is 121 cm³/mol. The van der Waals surface area contributed by atoms with E-state index in [0.717, 1.165) is 31.8 Å². The minimum atomic E-state index is -3.60. The fourth-order valence-corrected chi connectivity index (χ4v) is 4.53. The molecule has 7 nitrogen and oxygen atoms in total. The van der Waals surface area contributed by atoms with E-state index in [1.807, 2.05) is 17.0 Å². The SMILES string of the molecule is C=CCNS(=O)(=O)c1ccc(C(=O)N2CCCN(Cc3ccc(OC)cc3)CC2)cc1. The maximum absolute atomic E-state index is 12.9. The van der Waals surface area contributed by atoms with Gasteiger partial charge in [-0.3, -0.25) is 9.69 Å². The number of ether oxygens (including phenoxy) is 1. The van der Waals surface area contributed by atoms with Gasteiger partial charge < -0.3 is 9.64 Å². The van der Waals surface area contributed by atoms with E-state index < -0.39 is 10.0 Å². The van der Waals surface area contributed by atoms with Crippen LogP contribution in [0.4, 0.5) is 0 Å². The molecular weight excluding hydrogens is 414 g/mol. The van der Waals surface area contributed by atoms with E-state index in [2.05, 4.69) is 28.3 Å². The number of rotatable bonds is 8. The van der Waals surface area contributed by atoms with Gasteiger partial charge in [-0.05, 0) is 48.4 Å². The number of carbonyl (C=O) groups excluding carboxylic acids is 1. The maximum atomic E-state index is 12.9. The highest BCUT2D eigenvalue weighted by Crippen LogP contribution is 2.16. The number of hydrogen-bond donors (Lipinski definition) is 1. The summed E-state index contributed by atoms with van der Waals surface area (Å²) in [6.07, 6.45) is 2.37. The number of sulfonamides is 1. The van der Waals surface area contributed by atoms with Crippen LogP contribution in [0.3, 0.4) is 0 Å². The second-order valence-corrected chi connectivity index (χ2v) is 9.20. The second-order valence-electron chi connectivity index (χ2n) is 7.43. The van der Waals surface area contributed by atoms with E-state index in [0.29, 0.717) is 18.7 Å². The molecule has 0 aliphatic carbocycles. The summed E-state index contributed by atoms with van der Waals surface area (Å²) >= 11 is 0. The van der Waals surface area contributed by atoms with Crippen LogP contribution in [0.2, 0.25) is 0 Å². The number of methoxy groups -OCH3 is 1. The highest BCUT2D eigenvalue weighted by molar-refractivity contribution is 7.89. The molecule has 0 spiro atoms. The van der Waals surface area contributed by atoms with Crippen LogP contribution in [0.5, 0.6) is 5.75 Å². The normalized spacial score (nSPS) is 15.3. The third-order valence-electron chi connectivity index (χ3n) is 5.27. The third-order valence-corrected chi connectivity index (χ3v) is 6.71. The molecule has 1 N–H and O–H groups in total. The van der Waals surface area contributed by atoms with Crippen molar-refractivity contribution in [1.29, 1.82) is 0 Å². The Kier molecular flexibility index (Phi) is 7.84. The predicted octanol–water partition coefficient (Wildman–Crippen LogP) is 2.51. The minimum absolute atomic E-state index is 0.0747. The first-order valence-electron chi connectivity index (χ1n) is 10.3. The number of nitrogens with one attached hydrogen (secondary N) is 1. The van der Waals surface area contributed by atoms with Gasteiger partial charge in [-0.15, -0.1) is 6.58 Å². The molecule has 0 saturated carbocycles. The lowest BCUT2D eigenvalue weighted by molar-refractivity contribution is 0.0761. The number of nitrogens with zero attached hydrogens (tertiary/aromatic N) is 2. The lowest BCUT2D eigenvalue weighted by Crippen LogP contribution is -2.35. The van der Waals surface area contributed by atoms with Crippen molar-refractivity contribution in [2.45, 2.75) is 17.9 Å². The number of amides is 1. The van der Waals surface area contributed by atoms with Crippen molar-refractivity contribution in [3.05, 3.63) is 72.3 Å². The van der Waals surface area contributed by atoms with E-state index in [9.17, 15) is 13.2 Å². The molecule has 1 aliphatic heterocycles. The smallest absolute Gasteiger partial charge is 0.253 e. The third kappa shape index (κ3) is 6.16. The van der Waals surface area contributed by atoms with Crippen molar-refractivity contribution < 1.29 is 17.9 Å². The first-order chi connectivity index (χ1) is 14.9. The molecule has 0 unspecified atom stereocenters. The van der Waals surface area contributed by atoms with Gasteiger partial charge in [0.15, 0.2) is 0 Å². The molecule has 0 atom stereocenters. The minimum Gasteiger partial charge on any atom is -0.497 e. The highest BCUT2D eigenvalue weighted by atomic mass is 32.2. The van der Waals surface area contributed by atoms with Gasteiger partial charge in [-0.2, -0.15) is 0 Å². The number of benzene rings is 2. The van der Waals surface area contributed by atoms with E-state index in [-0.39, 0.29) is 17.3 Å². The van der Waals surface area contributed by atoms with Gasteiger partial charge in [0.25, 0.3) is 5.91 Å². The zero-order valence-electron chi connectivity index (χ0n) is 17.8. The molecule has 1 saturated heterocycles. The Labute approximate surface area is 184 Å². The zero-order chi connectivity index (χ0) is 22.3. The average molecular weight is 444 g/mol.